The lowest BCUT2D eigenvalue weighted by Crippen LogP contribution is -2.19. The number of unbranched alkanes of at least 4 members (excludes halogenated alkanes) is 13. The molecule has 6 nitrogen and oxygen atoms in total. The summed E-state index contributed by atoms with van der Waals surface area (Å²) >= 11 is 0. The van der Waals surface area contributed by atoms with Crippen molar-refractivity contribution in [2.45, 2.75) is 117 Å². The van der Waals surface area contributed by atoms with Crippen molar-refractivity contribution in [1.82, 2.24) is 0 Å². The van der Waals surface area contributed by atoms with Crippen molar-refractivity contribution in [3.8, 4) is 0 Å². The van der Waals surface area contributed by atoms with Crippen LogP contribution in [0.15, 0.2) is 0 Å². The molecule has 0 radical (unpaired) electrons. The highest BCUT2D eigenvalue weighted by molar-refractivity contribution is 5.65. The van der Waals surface area contributed by atoms with Gasteiger partial charge in [-0.3, -0.25) is 4.79 Å². The SMILES string of the molecule is CCCCCCCCCCCCCCCCOC(C)COCCOCCOCCOC(C)=O. The molecule has 0 saturated heterocycles. The first kappa shape index (κ1) is 32.3. The summed E-state index contributed by atoms with van der Waals surface area (Å²) in [5.74, 6) is -0.287. The van der Waals surface area contributed by atoms with Gasteiger partial charge < -0.3 is 23.7 Å². The first-order chi connectivity index (χ1) is 16.2. The molecular formula is C27H54O6. The third-order valence-electron chi connectivity index (χ3n) is 5.53. The van der Waals surface area contributed by atoms with Crippen molar-refractivity contribution in [3.63, 3.8) is 0 Å². The molecule has 6 heteroatoms. The Balaban J connectivity index is 3.15. The van der Waals surface area contributed by atoms with Gasteiger partial charge in [0, 0.05) is 13.5 Å². The molecule has 198 valence electrons. The van der Waals surface area contributed by atoms with Gasteiger partial charge >= 0.3 is 5.97 Å². The van der Waals surface area contributed by atoms with Crippen LogP contribution >= 0.6 is 0 Å². The van der Waals surface area contributed by atoms with Crippen molar-refractivity contribution < 1.29 is 28.5 Å². The summed E-state index contributed by atoms with van der Waals surface area (Å²) in [7, 11) is 0. The summed E-state index contributed by atoms with van der Waals surface area (Å²) in [5.41, 5.74) is 0. The molecule has 0 aromatic heterocycles. The van der Waals surface area contributed by atoms with Gasteiger partial charge in [-0.1, -0.05) is 90.4 Å². The molecule has 0 aromatic rings. The topological polar surface area (TPSA) is 63.2 Å². The fourth-order valence-corrected chi connectivity index (χ4v) is 3.56. The Hall–Kier alpha value is -0.690. The van der Waals surface area contributed by atoms with Crippen LogP contribution in [0.2, 0.25) is 0 Å². The fraction of sp³-hybridized carbons (Fsp3) is 0.963. The second-order valence-electron chi connectivity index (χ2n) is 8.92. The highest BCUT2D eigenvalue weighted by atomic mass is 16.6. The van der Waals surface area contributed by atoms with E-state index in [9.17, 15) is 4.79 Å². The second-order valence-corrected chi connectivity index (χ2v) is 8.92. The predicted octanol–water partition coefficient (Wildman–Crippen LogP) is 6.49. The zero-order valence-electron chi connectivity index (χ0n) is 22.1. The Morgan fingerprint density at radius 2 is 1.00 bits per heavy atom. The molecule has 0 aromatic carbocycles. The standard InChI is InChI=1S/C27H54O6/c1-4-5-6-7-8-9-10-11-12-13-14-15-16-17-18-32-26(2)25-31-22-21-29-19-20-30-23-24-33-27(3)28/h26H,4-25H2,1-3H3. The first-order valence-corrected chi connectivity index (χ1v) is 13.6. The zero-order chi connectivity index (χ0) is 24.2. The number of carbonyl (C=O) groups is 1. The van der Waals surface area contributed by atoms with Gasteiger partial charge in [-0.05, 0) is 13.3 Å². The lowest BCUT2D eigenvalue weighted by molar-refractivity contribution is -0.142. The molecule has 0 aliphatic rings. The molecule has 0 aliphatic heterocycles. The van der Waals surface area contributed by atoms with E-state index in [0.717, 1.165) is 13.0 Å². The maximum Gasteiger partial charge on any atom is 0.302 e. The monoisotopic (exact) mass is 474 g/mol. The quantitative estimate of drug-likeness (QED) is 0.100. The molecule has 0 N–H and O–H groups in total. The van der Waals surface area contributed by atoms with Crippen LogP contribution in [0.1, 0.15) is 111 Å². The normalized spacial score (nSPS) is 12.2. The van der Waals surface area contributed by atoms with Crippen LogP contribution in [-0.2, 0) is 28.5 Å². The molecule has 1 unspecified atom stereocenters. The molecule has 0 rings (SSSR count). The fourth-order valence-electron chi connectivity index (χ4n) is 3.56. The molecule has 0 saturated carbocycles. The van der Waals surface area contributed by atoms with Crippen LogP contribution in [0.4, 0.5) is 0 Å². The van der Waals surface area contributed by atoms with E-state index in [-0.39, 0.29) is 18.7 Å². The van der Waals surface area contributed by atoms with Gasteiger partial charge in [-0.25, -0.2) is 0 Å². The molecule has 0 fully saturated rings. The van der Waals surface area contributed by atoms with Gasteiger partial charge in [0.25, 0.3) is 0 Å². The van der Waals surface area contributed by atoms with E-state index in [1.165, 1.54) is 90.4 Å². The van der Waals surface area contributed by atoms with Crippen LogP contribution in [0, 0.1) is 0 Å². The van der Waals surface area contributed by atoms with Crippen molar-refractivity contribution in [2.75, 3.05) is 52.9 Å². The van der Waals surface area contributed by atoms with E-state index in [4.69, 9.17) is 23.7 Å². The van der Waals surface area contributed by atoms with E-state index in [1.807, 2.05) is 0 Å². The zero-order valence-corrected chi connectivity index (χ0v) is 22.1. The van der Waals surface area contributed by atoms with Crippen molar-refractivity contribution in [2.24, 2.45) is 0 Å². The smallest absolute Gasteiger partial charge is 0.302 e. The largest absolute Gasteiger partial charge is 0.463 e. The van der Waals surface area contributed by atoms with Crippen LogP contribution < -0.4 is 0 Å². The summed E-state index contributed by atoms with van der Waals surface area (Å²) in [5, 5.41) is 0. The van der Waals surface area contributed by atoms with E-state index in [1.54, 1.807) is 0 Å². The Kier molecular flexibility index (Phi) is 27.0. The number of carbonyl (C=O) groups excluding carboxylic acids is 1. The summed E-state index contributed by atoms with van der Waals surface area (Å²) in [4.78, 5) is 10.6. The minimum absolute atomic E-state index is 0.122. The summed E-state index contributed by atoms with van der Waals surface area (Å²) in [6, 6.07) is 0. The number of rotatable bonds is 27. The average Bonchev–Trinajstić information content (AvgIpc) is 2.79. The number of hydrogen-bond acceptors (Lipinski definition) is 6. The maximum atomic E-state index is 10.6. The van der Waals surface area contributed by atoms with E-state index in [2.05, 4.69) is 13.8 Å². The molecule has 0 aliphatic carbocycles. The highest BCUT2D eigenvalue weighted by Crippen LogP contribution is 2.13. The van der Waals surface area contributed by atoms with Crippen LogP contribution in [0.5, 0.6) is 0 Å². The summed E-state index contributed by atoms with van der Waals surface area (Å²) < 4.78 is 26.9. The van der Waals surface area contributed by atoms with E-state index < -0.39 is 0 Å². The lowest BCUT2D eigenvalue weighted by atomic mass is 10.0. The minimum Gasteiger partial charge on any atom is -0.463 e. The summed E-state index contributed by atoms with van der Waals surface area (Å²) in [6.07, 6.45) is 19.4. The second kappa shape index (κ2) is 27.6. The number of ether oxygens (including phenoxy) is 5. The predicted molar refractivity (Wildman–Crippen MR) is 135 cm³/mol. The van der Waals surface area contributed by atoms with Gasteiger partial charge in [0.05, 0.1) is 45.7 Å². The third kappa shape index (κ3) is 29.3. The van der Waals surface area contributed by atoms with Gasteiger partial charge in [0.2, 0.25) is 0 Å². The van der Waals surface area contributed by atoms with Gasteiger partial charge in [0.15, 0.2) is 0 Å². The molecule has 33 heavy (non-hydrogen) atoms. The molecule has 0 bridgehead atoms. The Morgan fingerprint density at radius 1 is 0.576 bits per heavy atom. The average molecular weight is 475 g/mol. The first-order valence-electron chi connectivity index (χ1n) is 13.6. The molecule has 0 spiro atoms. The highest BCUT2D eigenvalue weighted by Gasteiger charge is 2.02. The maximum absolute atomic E-state index is 10.6. The van der Waals surface area contributed by atoms with Crippen LogP contribution in [0.25, 0.3) is 0 Å². The van der Waals surface area contributed by atoms with Crippen LogP contribution in [-0.4, -0.2) is 64.9 Å². The van der Waals surface area contributed by atoms with Crippen LogP contribution in [0.3, 0.4) is 0 Å². The molecule has 0 heterocycles. The molecular weight excluding hydrogens is 420 g/mol. The van der Waals surface area contributed by atoms with E-state index in [0.29, 0.717) is 39.6 Å². The number of esters is 1. The van der Waals surface area contributed by atoms with E-state index >= 15 is 0 Å². The van der Waals surface area contributed by atoms with Gasteiger partial charge in [-0.2, -0.15) is 0 Å². The van der Waals surface area contributed by atoms with Gasteiger partial charge in [0.1, 0.15) is 6.61 Å². The number of hydrogen-bond donors (Lipinski definition) is 0. The van der Waals surface area contributed by atoms with Crippen molar-refractivity contribution in [1.29, 1.82) is 0 Å². The Bertz CT molecular complexity index is 391. The third-order valence-corrected chi connectivity index (χ3v) is 5.53. The Morgan fingerprint density at radius 3 is 1.48 bits per heavy atom. The van der Waals surface area contributed by atoms with Crippen molar-refractivity contribution >= 4 is 5.97 Å². The summed E-state index contributed by atoms with van der Waals surface area (Å²) in [6.45, 7) is 9.92. The minimum atomic E-state index is -0.287. The van der Waals surface area contributed by atoms with Crippen molar-refractivity contribution in [3.05, 3.63) is 0 Å². The molecule has 1 atom stereocenters. The molecule has 0 amide bonds. The van der Waals surface area contributed by atoms with Gasteiger partial charge in [-0.15, -0.1) is 0 Å². The lowest BCUT2D eigenvalue weighted by Gasteiger charge is -2.13. The Labute approximate surface area is 204 Å².